The Morgan fingerprint density at radius 3 is 3.00 bits per heavy atom. The Labute approximate surface area is 118 Å². The summed E-state index contributed by atoms with van der Waals surface area (Å²) in [5, 5.41) is 5.60. The van der Waals surface area contributed by atoms with Crippen LogP contribution in [-0.2, 0) is 9.59 Å². The Morgan fingerprint density at radius 1 is 1.60 bits per heavy atom. The first kappa shape index (κ1) is 14.1. The molecule has 1 aromatic rings. The Kier molecular flexibility index (Phi) is 4.08. The molecule has 0 fully saturated rings. The lowest BCUT2D eigenvalue weighted by molar-refractivity contribution is -0.123. The van der Waals surface area contributed by atoms with E-state index in [0.29, 0.717) is 17.9 Å². The summed E-state index contributed by atoms with van der Waals surface area (Å²) in [6, 6.07) is 5.31. The Balaban J connectivity index is 2.21. The van der Waals surface area contributed by atoms with Crippen LogP contribution in [0, 0.1) is 0 Å². The molecule has 0 radical (unpaired) electrons. The van der Waals surface area contributed by atoms with Gasteiger partial charge in [0.05, 0.1) is 11.7 Å². The second-order valence-corrected chi connectivity index (χ2v) is 4.69. The van der Waals surface area contributed by atoms with Crippen molar-refractivity contribution in [3.63, 3.8) is 0 Å². The van der Waals surface area contributed by atoms with Crippen molar-refractivity contribution in [1.29, 1.82) is 0 Å². The van der Waals surface area contributed by atoms with Crippen molar-refractivity contribution < 1.29 is 14.3 Å². The van der Waals surface area contributed by atoms with Crippen LogP contribution in [0.2, 0.25) is 0 Å². The average Bonchev–Trinajstić information content (AvgIpc) is 2.45. The zero-order chi connectivity index (χ0) is 14.7. The van der Waals surface area contributed by atoms with E-state index in [-0.39, 0.29) is 17.9 Å². The maximum atomic E-state index is 11.7. The van der Waals surface area contributed by atoms with Crippen molar-refractivity contribution in [2.45, 2.75) is 32.4 Å². The number of carbonyl (C=O) groups excluding carboxylic acids is 2. The van der Waals surface area contributed by atoms with Crippen molar-refractivity contribution in [3.8, 4) is 5.75 Å². The number of anilines is 1. The average molecular weight is 274 g/mol. The Hall–Kier alpha value is -2.30. The van der Waals surface area contributed by atoms with Gasteiger partial charge in [-0.2, -0.15) is 0 Å². The highest BCUT2D eigenvalue weighted by Gasteiger charge is 2.26. The number of nitrogens with one attached hydrogen (secondary N) is 2. The molecule has 1 aliphatic heterocycles. The Morgan fingerprint density at radius 2 is 2.35 bits per heavy atom. The van der Waals surface area contributed by atoms with E-state index in [9.17, 15) is 9.59 Å². The summed E-state index contributed by atoms with van der Waals surface area (Å²) in [7, 11) is 0. The quantitative estimate of drug-likeness (QED) is 0.827. The number of ether oxygens (including phenoxy) is 1. The molecule has 0 saturated carbocycles. The second kappa shape index (κ2) is 5.77. The van der Waals surface area contributed by atoms with E-state index in [1.807, 2.05) is 26.0 Å². The van der Waals surface area contributed by atoms with Gasteiger partial charge >= 0.3 is 0 Å². The summed E-state index contributed by atoms with van der Waals surface area (Å²) in [5.41, 5.74) is 1.57. The van der Waals surface area contributed by atoms with Gasteiger partial charge in [0.2, 0.25) is 5.91 Å². The molecular weight excluding hydrogens is 256 g/mol. The maximum absolute atomic E-state index is 11.7. The van der Waals surface area contributed by atoms with Gasteiger partial charge < -0.3 is 15.4 Å². The topological polar surface area (TPSA) is 67.4 Å². The van der Waals surface area contributed by atoms with Crippen LogP contribution in [0.15, 0.2) is 30.9 Å². The lowest BCUT2D eigenvalue weighted by Gasteiger charge is -2.26. The van der Waals surface area contributed by atoms with Crippen LogP contribution < -0.4 is 15.4 Å². The molecule has 0 bridgehead atoms. The number of hydrogen-bond acceptors (Lipinski definition) is 3. The van der Waals surface area contributed by atoms with Crippen LogP contribution >= 0.6 is 0 Å². The first-order chi connectivity index (χ1) is 9.55. The minimum Gasteiger partial charge on any atom is -0.478 e. The van der Waals surface area contributed by atoms with Gasteiger partial charge in [0.15, 0.2) is 6.10 Å². The number of hydrogen-bond donors (Lipinski definition) is 2. The van der Waals surface area contributed by atoms with E-state index in [1.54, 1.807) is 6.07 Å². The van der Waals surface area contributed by atoms with E-state index >= 15 is 0 Å². The van der Waals surface area contributed by atoms with Crippen LogP contribution in [0.5, 0.6) is 5.75 Å². The molecule has 0 aliphatic carbocycles. The monoisotopic (exact) mass is 274 g/mol. The van der Waals surface area contributed by atoms with Gasteiger partial charge in [-0.3, -0.25) is 9.59 Å². The lowest BCUT2D eigenvalue weighted by Crippen LogP contribution is -2.36. The molecule has 2 atom stereocenters. The van der Waals surface area contributed by atoms with Crippen molar-refractivity contribution in [2.24, 2.45) is 0 Å². The SMILES string of the molecule is C=CC(=O)N[C@H](C)c1ccc2c(c1)O[C@H](CC)C(=O)N2. The summed E-state index contributed by atoms with van der Waals surface area (Å²) in [6.45, 7) is 7.19. The molecule has 1 aliphatic rings. The fraction of sp³-hybridized carbons (Fsp3) is 0.333. The van der Waals surface area contributed by atoms with Gasteiger partial charge in [-0.15, -0.1) is 0 Å². The van der Waals surface area contributed by atoms with Gasteiger partial charge in [-0.05, 0) is 37.1 Å². The fourth-order valence-corrected chi connectivity index (χ4v) is 2.05. The molecule has 106 valence electrons. The van der Waals surface area contributed by atoms with E-state index in [2.05, 4.69) is 17.2 Å². The number of fused-ring (bicyclic) bond motifs is 1. The van der Waals surface area contributed by atoms with Crippen molar-refractivity contribution >= 4 is 17.5 Å². The standard InChI is InChI=1S/C15H18N2O3/c1-4-12-15(19)17-11-7-6-10(8-13(11)20-12)9(3)16-14(18)5-2/h5-9,12H,2,4H2,1,3H3,(H,16,18)(H,17,19)/t9-,12-/m1/s1. The molecule has 2 N–H and O–H groups in total. The molecule has 2 rings (SSSR count). The first-order valence-electron chi connectivity index (χ1n) is 6.59. The molecule has 0 unspecified atom stereocenters. The highest BCUT2D eigenvalue weighted by atomic mass is 16.5. The predicted octanol–water partition coefficient (Wildman–Crippen LogP) is 2.16. The fourth-order valence-electron chi connectivity index (χ4n) is 2.05. The molecule has 1 aromatic carbocycles. The van der Waals surface area contributed by atoms with Crippen LogP contribution in [0.1, 0.15) is 31.9 Å². The molecule has 0 saturated heterocycles. The molecule has 20 heavy (non-hydrogen) atoms. The smallest absolute Gasteiger partial charge is 0.265 e. The third-order valence-corrected chi connectivity index (χ3v) is 3.24. The van der Waals surface area contributed by atoms with Crippen LogP contribution in [0.25, 0.3) is 0 Å². The minimum atomic E-state index is -0.462. The predicted molar refractivity (Wildman–Crippen MR) is 76.5 cm³/mol. The van der Waals surface area contributed by atoms with Crippen molar-refractivity contribution in [2.75, 3.05) is 5.32 Å². The van der Waals surface area contributed by atoms with Gasteiger partial charge in [-0.25, -0.2) is 0 Å². The van der Waals surface area contributed by atoms with Crippen molar-refractivity contribution in [1.82, 2.24) is 5.32 Å². The minimum absolute atomic E-state index is 0.124. The second-order valence-electron chi connectivity index (χ2n) is 4.69. The van der Waals surface area contributed by atoms with Gasteiger partial charge in [0.1, 0.15) is 5.75 Å². The lowest BCUT2D eigenvalue weighted by atomic mass is 10.1. The third kappa shape index (κ3) is 2.82. The number of amides is 2. The van der Waals surface area contributed by atoms with Crippen LogP contribution in [0.3, 0.4) is 0 Å². The summed E-state index contributed by atoms with van der Waals surface area (Å²) in [4.78, 5) is 23.0. The molecule has 0 spiro atoms. The molecular formula is C15H18N2O3. The summed E-state index contributed by atoms with van der Waals surface area (Å²) in [5.74, 6) is 0.283. The van der Waals surface area contributed by atoms with E-state index < -0.39 is 6.10 Å². The number of rotatable bonds is 4. The van der Waals surface area contributed by atoms with E-state index in [0.717, 1.165) is 5.56 Å². The highest BCUT2D eigenvalue weighted by Crippen LogP contribution is 2.32. The van der Waals surface area contributed by atoms with Gasteiger partial charge in [-0.1, -0.05) is 19.6 Å². The van der Waals surface area contributed by atoms with Gasteiger partial charge in [0.25, 0.3) is 5.91 Å². The van der Waals surface area contributed by atoms with E-state index in [4.69, 9.17) is 4.74 Å². The molecule has 0 aromatic heterocycles. The Bertz CT molecular complexity index is 554. The summed E-state index contributed by atoms with van der Waals surface area (Å²) in [6.07, 6.45) is 1.38. The van der Waals surface area contributed by atoms with Crippen molar-refractivity contribution in [3.05, 3.63) is 36.4 Å². The number of benzene rings is 1. The van der Waals surface area contributed by atoms with Gasteiger partial charge in [0, 0.05) is 0 Å². The summed E-state index contributed by atoms with van der Waals surface area (Å²) >= 11 is 0. The molecule has 5 heteroatoms. The zero-order valence-electron chi connectivity index (χ0n) is 11.6. The zero-order valence-corrected chi connectivity index (χ0v) is 11.6. The molecule has 5 nitrogen and oxygen atoms in total. The maximum Gasteiger partial charge on any atom is 0.265 e. The van der Waals surface area contributed by atoms with Crippen LogP contribution in [0.4, 0.5) is 5.69 Å². The first-order valence-corrected chi connectivity index (χ1v) is 6.59. The largest absolute Gasteiger partial charge is 0.478 e. The van der Waals surface area contributed by atoms with Crippen LogP contribution in [-0.4, -0.2) is 17.9 Å². The van der Waals surface area contributed by atoms with E-state index in [1.165, 1.54) is 6.08 Å². The summed E-state index contributed by atoms with van der Waals surface area (Å²) < 4.78 is 5.67. The normalized spacial score (nSPS) is 18.3. The third-order valence-electron chi connectivity index (χ3n) is 3.24. The highest BCUT2D eigenvalue weighted by molar-refractivity contribution is 5.97. The molecule has 2 amide bonds. The molecule has 1 heterocycles. The number of carbonyl (C=O) groups is 2.